The molecule has 9 heteroatoms. The van der Waals surface area contributed by atoms with Crippen molar-refractivity contribution in [1.82, 2.24) is 25.1 Å². The van der Waals surface area contributed by atoms with Crippen LogP contribution in [-0.2, 0) is 6.54 Å². The molecule has 1 amide bonds. The first-order valence-electron chi connectivity index (χ1n) is 16.5. The summed E-state index contributed by atoms with van der Waals surface area (Å²) in [5.41, 5.74) is 6.77. The molecule has 1 aliphatic heterocycles. The number of aromatic nitrogens is 2. The predicted molar refractivity (Wildman–Crippen MR) is 185 cm³/mol. The van der Waals surface area contributed by atoms with Crippen molar-refractivity contribution in [2.24, 2.45) is 0 Å². The van der Waals surface area contributed by atoms with Gasteiger partial charge in [0.05, 0.1) is 0 Å². The number of anilines is 2. The normalized spacial score (nSPS) is 19.2. The molecule has 1 saturated heterocycles. The number of nitrogens with one attached hydrogen (secondary N) is 2. The number of carbonyl (C=O) groups is 1. The summed E-state index contributed by atoms with van der Waals surface area (Å²) in [5, 5.41) is 3.06. The number of rotatable bonds is 9. The maximum atomic E-state index is 13.9. The van der Waals surface area contributed by atoms with Crippen molar-refractivity contribution in [2.45, 2.75) is 72.0 Å². The van der Waals surface area contributed by atoms with Crippen LogP contribution in [0.5, 0.6) is 0 Å². The van der Waals surface area contributed by atoms with E-state index < -0.39 is 0 Å². The molecular formula is C36H51N7O2. The van der Waals surface area contributed by atoms with Crippen molar-refractivity contribution >= 4 is 17.4 Å². The number of aromatic amines is 1. The maximum Gasteiger partial charge on any atom is 0.253 e. The molecule has 3 heterocycles. The smallest absolute Gasteiger partial charge is 0.253 e. The number of amides is 1. The molecule has 3 aromatic rings. The van der Waals surface area contributed by atoms with Gasteiger partial charge in [0.25, 0.3) is 11.5 Å². The number of nitrogens with zero attached hydrogens (tertiary/aromatic N) is 5. The number of pyridine rings is 2. The van der Waals surface area contributed by atoms with E-state index in [1.807, 2.05) is 32.2 Å². The molecule has 2 aromatic heterocycles. The van der Waals surface area contributed by atoms with Crippen LogP contribution in [0.1, 0.15) is 65.3 Å². The van der Waals surface area contributed by atoms with Crippen molar-refractivity contribution < 1.29 is 4.79 Å². The molecule has 0 atom stereocenters. The maximum absolute atomic E-state index is 13.9. The molecule has 0 unspecified atom stereocenters. The topological polar surface area (TPSA) is 87.8 Å². The Morgan fingerprint density at radius 2 is 1.67 bits per heavy atom. The van der Waals surface area contributed by atoms with Gasteiger partial charge in [0.15, 0.2) is 0 Å². The lowest BCUT2D eigenvalue weighted by Gasteiger charge is -2.40. The molecule has 1 aliphatic carbocycles. The van der Waals surface area contributed by atoms with Gasteiger partial charge in [-0.05, 0) is 122 Å². The van der Waals surface area contributed by atoms with Crippen LogP contribution in [0.25, 0.3) is 11.1 Å². The SMILES string of the molecule is CCN(c1cc(-c2ccc(N3CCN(C)CC3)nc2)cc(C(=O)NCc2c(C)cc(C)[nH]c2=O)c1C)[C@H]1CC[C@H](N(C)C)CC1. The lowest BCUT2D eigenvalue weighted by atomic mass is 9.88. The minimum atomic E-state index is -0.177. The number of carbonyl (C=O) groups excluding carboxylic acids is 1. The van der Waals surface area contributed by atoms with E-state index in [0.717, 1.165) is 85.0 Å². The van der Waals surface area contributed by atoms with Crippen LogP contribution in [0, 0.1) is 20.8 Å². The van der Waals surface area contributed by atoms with Gasteiger partial charge in [0, 0.05) is 85.6 Å². The highest BCUT2D eigenvalue weighted by molar-refractivity contribution is 5.99. The fourth-order valence-corrected chi connectivity index (χ4v) is 7.06. The summed E-state index contributed by atoms with van der Waals surface area (Å²) in [7, 11) is 6.51. The predicted octanol–water partition coefficient (Wildman–Crippen LogP) is 4.74. The molecular weight excluding hydrogens is 562 g/mol. The average Bonchev–Trinajstić information content (AvgIpc) is 3.02. The number of hydrogen-bond donors (Lipinski definition) is 2. The third-order valence-corrected chi connectivity index (χ3v) is 9.94. The Morgan fingerprint density at radius 3 is 2.27 bits per heavy atom. The second kappa shape index (κ2) is 14.2. The Kier molecular flexibility index (Phi) is 10.3. The van der Waals surface area contributed by atoms with Crippen LogP contribution in [0.4, 0.5) is 11.5 Å². The number of H-pyrrole nitrogens is 1. The molecule has 0 radical (unpaired) electrons. The van der Waals surface area contributed by atoms with Crippen molar-refractivity contribution in [3.8, 4) is 11.1 Å². The van der Waals surface area contributed by atoms with Gasteiger partial charge < -0.3 is 29.9 Å². The average molecular weight is 614 g/mol. The number of piperazine rings is 1. The fourth-order valence-electron chi connectivity index (χ4n) is 7.06. The number of hydrogen-bond acceptors (Lipinski definition) is 7. The van der Waals surface area contributed by atoms with Crippen LogP contribution >= 0.6 is 0 Å². The molecule has 1 saturated carbocycles. The molecule has 1 aromatic carbocycles. The third kappa shape index (κ3) is 7.42. The van der Waals surface area contributed by atoms with Crippen molar-refractivity contribution in [2.75, 3.05) is 63.7 Å². The molecule has 0 spiro atoms. The van der Waals surface area contributed by atoms with Crippen molar-refractivity contribution in [1.29, 1.82) is 0 Å². The van der Waals surface area contributed by atoms with Gasteiger partial charge in [-0.15, -0.1) is 0 Å². The minimum Gasteiger partial charge on any atom is -0.369 e. The van der Waals surface area contributed by atoms with Gasteiger partial charge in [0.2, 0.25) is 0 Å². The van der Waals surface area contributed by atoms with Crippen LogP contribution in [0.3, 0.4) is 0 Å². The zero-order valence-electron chi connectivity index (χ0n) is 28.2. The second-order valence-electron chi connectivity index (χ2n) is 13.2. The van der Waals surface area contributed by atoms with Crippen molar-refractivity contribution in [3.63, 3.8) is 0 Å². The highest BCUT2D eigenvalue weighted by atomic mass is 16.1. The van der Waals surface area contributed by atoms with E-state index in [1.54, 1.807) is 0 Å². The van der Waals surface area contributed by atoms with E-state index in [2.05, 4.69) is 83.1 Å². The highest BCUT2D eigenvalue weighted by Gasteiger charge is 2.28. The molecule has 5 rings (SSSR count). The Morgan fingerprint density at radius 1 is 0.978 bits per heavy atom. The first-order valence-corrected chi connectivity index (χ1v) is 16.5. The molecule has 2 aliphatic rings. The molecule has 2 fully saturated rings. The molecule has 0 bridgehead atoms. The van der Waals surface area contributed by atoms with Crippen molar-refractivity contribution in [3.05, 3.63) is 74.8 Å². The summed E-state index contributed by atoms with van der Waals surface area (Å²) in [5.74, 6) is 0.813. The monoisotopic (exact) mass is 613 g/mol. The summed E-state index contributed by atoms with van der Waals surface area (Å²) < 4.78 is 0. The number of benzene rings is 1. The van der Waals surface area contributed by atoms with Gasteiger partial charge in [-0.3, -0.25) is 9.59 Å². The summed E-state index contributed by atoms with van der Waals surface area (Å²) in [6.07, 6.45) is 6.53. The first kappa shape index (κ1) is 32.7. The zero-order valence-corrected chi connectivity index (χ0v) is 28.2. The lowest BCUT2D eigenvalue weighted by molar-refractivity contribution is 0.0950. The third-order valence-electron chi connectivity index (χ3n) is 9.94. The quantitative estimate of drug-likeness (QED) is 0.361. The minimum absolute atomic E-state index is 0.157. The summed E-state index contributed by atoms with van der Waals surface area (Å²) in [6, 6.07) is 11.4. The van der Waals surface area contributed by atoms with Crippen LogP contribution in [-0.4, -0.2) is 91.6 Å². The number of likely N-dealkylation sites (N-methyl/N-ethyl adjacent to an activating group) is 1. The standard InChI is InChI=1S/C36H51N7O2/c1-8-43(30-12-10-29(11-13-30)40(5)6)33-21-28(27-9-14-34(37-22-27)42-17-15-41(7)16-18-42)20-31(26(33)4)35(44)38-23-32-24(2)19-25(3)39-36(32)45/h9,14,19-22,29-30H,8,10-13,15-18,23H2,1-7H3,(H,38,44)(H,39,45)/t29-,30-. The summed E-state index contributed by atoms with van der Waals surface area (Å²) in [6.45, 7) is 13.1. The van der Waals surface area contributed by atoms with E-state index in [4.69, 9.17) is 4.98 Å². The van der Waals surface area contributed by atoms with Gasteiger partial charge in [0.1, 0.15) is 5.82 Å². The van der Waals surface area contributed by atoms with Gasteiger partial charge in [-0.2, -0.15) is 0 Å². The van der Waals surface area contributed by atoms with E-state index >= 15 is 0 Å². The molecule has 242 valence electrons. The fraction of sp³-hybridized carbons (Fsp3) is 0.528. The van der Waals surface area contributed by atoms with E-state index in [9.17, 15) is 9.59 Å². The van der Waals surface area contributed by atoms with Gasteiger partial charge in [-0.25, -0.2) is 4.98 Å². The first-order chi connectivity index (χ1) is 21.5. The Hall–Kier alpha value is -3.69. The molecule has 9 nitrogen and oxygen atoms in total. The Labute approximate surface area is 268 Å². The summed E-state index contributed by atoms with van der Waals surface area (Å²) >= 11 is 0. The Bertz CT molecular complexity index is 1530. The number of aryl methyl sites for hydroxylation is 2. The molecule has 45 heavy (non-hydrogen) atoms. The lowest BCUT2D eigenvalue weighted by Crippen LogP contribution is -2.44. The molecule has 2 N–H and O–H groups in total. The van der Waals surface area contributed by atoms with Crippen LogP contribution in [0.2, 0.25) is 0 Å². The largest absolute Gasteiger partial charge is 0.369 e. The van der Waals surface area contributed by atoms with Crippen LogP contribution in [0.15, 0.2) is 41.3 Å². The highest BCUT2D eigenvalue weighted by Crippen LogP contribution is 2.36. The zero-order chi connectivity index (χ0) is 32.2. The van der Waals surface area contributed by atoms with E-state index in [-0.39, 0.29) is 18.0 Å². The van der Waals surface area contributed by atoms with E-state index in [1.165, 1.54) is 12.8 Å². The van der Waals surface area contributed by atoms with E-state index in [0.29, 0.717) is 23.2 Å². The van der Waals surface area contributed by atoms with Gasteiger partial charge in [-0.1, -0.05) is 0 Å². The summed E-state index contributed by atoms with van der Waals surface area (Å²) in [4.78, 5) is 43.8. The second-order valence-corrected chi connectivity index (χ2v) is 13.2. The van der Waals surface area contributed by atoms with Gasteiger partial charge >= 0.3 is 0 Å². The Balaban J connectivity index is 1.48. The van der Waals surface area contributed by atoms with Crippen LogP contribution < -0.4 is 20.7 Å².